The zero-order chi connectivity index (χ0) is 15.1. The molecular weight excluding hydrogens is 280 g/mol. The first-order chi connectivity index (χ1) is 10.2. The van der Waals surface area contributed by atoms with Crippen LogP contribution in [0, 0.1) is 6.92 Å². The van der Waals surface area contributed by atoms with Gasteiger partial charge >= 0.3 is 0 Å². The third-order valence-electron chi connectivity index (χ3n) is 3.36. The van der Waals surface area contributed by atoms with Crippen LogP contribution in [0.4, 0.5) is 5.13 Å². The molecule has 0 fully saturated rings. The van der Waals surface area contributed by atoms with E-state index in [-0.39, 0.29) is 0 Å². The smallest absolute Gasteiger partial charge is 0.205 e. The highest BCUT2D eigenvalue weighted by molar-refractivity contribution is 7.09. The van der Waals surface area contributed by atoms with E-state index in [1.165, 1.54) is 22.7 Å². The van der Waals surface area contributed by atoms with Crippen molar-refractivity contribution in [2.75, 3.05) is 31.1 Å². The number of nitrogens with zero attached hydrogens (tertiary/aromatic N) is 3. The van der Waals surface area contributed by atoms with Crippen LogP contribution in [-0.4, -0.2) is 35.5 Å². The molecule has 0 aliphatic rings. The Bertz CT molecular complexity index is 553. The third kappa shape index (κ3) is 4.79. The molecule has 0 unspecified atom stereocenters. The lowest BCUT2D eigenvalue weighted by atomic mass is 10.1. The minimum absolute atomic E-state index is 0.808. The maximum atomic E-state index is 4.69. The summed E-state index contributed by atoms with van der Waals surface area (Å²) in [6, 6.07) is 8.54. The summed E-state index contributed by atoms with van der Waals surface area (Å²) in [7, 11) is 0. The standard InChI is InChI=1S/C16H24N4S/c1-4-17-9-10-20(5-2)16-18-15(19-21-16)12-14-8-6-7-13(3)11-14/h6-8,11,17H,4-5,9-10,12H2,1-3H3. The maximum absolute atomic E-state index is 4.69. The van der Waals surface area contributed by atoms with E-state index in [1.807, 2.05) is 0 Å². The average Bonchev–Trinajstić information content (AvgIpc) is 2.92. The van der Waals surface area contributed by atoms with Crippen LogP contribution in [0.25, 0.3) is 0 Å². The second-order valence-corrected chi connectivity index (χ2v) is 5.82. The zero-order valence-electron chi connectivity index (χ0n) is 13.1. The molecule has 1 aromatic heterocycles. The summed E-state index contributed by atoms with van der Waals surface area (Å²) in [6.07, 6.45) is 0.808. The van der Waals surface area contributed by atoms with Crippen molar-refractivity contribution in [2.45, 2.75) is 27.2 Å². The zero-order valence-corrected chi connectivity index (χ0v) is 13.9. The quantitative estimate of drug-likeness (QED) is 0.761. The molecule has 0 amide bonds. The van der Waals surface area contributed by atoms with Gasteiger partial charge in [0, 0.05) is 37.6 Å². The predicted molar refractivity (Wildman–Crippen MR) is 90.3 cm³/mol. The van der Waals surface area contributed by atoms with Crippen molar-refractivity contribution in [1.29, 1.82) is 0 Å². The van der Waals surface area contributed by atoms with Gasteiger partial charge in [0.05, 0.1) is 0 Å². The summed E-state index contributed by atoms with van der Waals surface area (Å²) in [5.74, 6) is 0.919. The van der Waals surface area contributed by atoms with E-state index in [2.05, 4.69) is 59.6 Å². The fraction of sp³-hybridized carbons (Fsp3) is 0.500. The third-order valence-corrected chi connectivity index (χ3v) is 4.18. The van der Waals surface area contributed by atoms with Crippen molar-refractivity contribution in [3.05, 3.63) is 41.2 Å². The number of nitrogens with one attached hydrogen (secondary N) is 1. The number of hydrogen-bond donors (Lipinski definition) is 1. The second-order valence-electron chi connectivity index (χ2n) is 5.09. The largest absolute Gasteiger partial charge is 0.346 e. The van der Waals surface area contributed by atoms with Gasteiger partial charge < -0.3 is 10.2 Å². The fourth-order valence-corrected chi connectivity index (χ4v) is 3.00. The Kier molecular flexibility index (Phi) is 6.14. The number of aryl methyl sites for hydroxylation is 1. The first-order valence-electron chi connectivity index (χ1n) is 7.56. The van der Waals surface area contributed by atoms with Crippen molar-refractivity contribution in [3.8, 4) is 0 Å². The summed E-state index contributed by atoms with van der Waals surface area (Å²) in [6.45, 7) is 10.3. The van der Waals surface area contributed by atoms with Crippen LogP contribution in [0.3, 0.4) is 0 Å². The number of likely N-dealkylation sites (N-methyl/N-ethyl adjacent to an activating group) is 2. The Morgan fingerprint density at radius 1 is 1.29 bits per heavy atom. The van der Waals surface area contributed by atoms with Crippen molar-refractivity contribution in [2.24, 2.45) is 0 Å². The topological polar surface area (TPSA) is 41.0 Å². The molecule has 1 aromatic carbocycles. The molecule has 0 bridgehead atoms. The molecule has 0 radical (unpaired) electrons. The molecule has 1 heterocycles. The molecule has 1 N–H and O–H groups in total. The van der Waals surface area contributed by atoms with Gasteiger partial charge in [-0.05, 0) is 26.0 Å². The molecule has 0 aliphatic heterocycles. The van der Waals surface area contributed by atoms with Gasteiger partial charge in [-0.25, -0.2) is 4.98 Å². The SMILES string of the molecule is CCNCCN(CC)c1nc(Cc2cccc(C)c2)ns1. The van der Waals surface area contributed by atoms with Crippen LogP contribution in [0.1, 0.15) is 30.8 Å². The van der Waals surface area contributed by atoms with Gasteiger partial charge in [-0.15, -0.1) is 0 Å². The van der Waals surface area contributed by atoms with Gasteiger partial charge in [-0.1, -0.05) is 36.8 Å². The highest BCUT2D eigenvalue weighted by Gasteiger charge is 2.11. The average molecular weight is 304 g/mol. The lowest BCUT2D eigenvalue weighted by Gasteiger charge is -2.18. The summed E-state index contributed by atoms with van der Waals surface area (Å²) in [5, 5.41) is 4.38. The molecule has 0 atom stereocenters. The highest BCUT2D eigenvalue weighted by Crippen LogP contribution is 2.18. The van der Waals surface area contributed by atoms with Gasteiger partial charge in [0.15, 0.2) is 0 Å². The minimum Gasteiger partial charge on any atom is -0.346 e. The summed E-state index contributed by atoms with van der Waals surface area (Å²) in [4.78, 5) is 6.97. The maximum Gasteiger partial charge on any atom is 0.205 e. The summed E-state index contributed by atoms with van der Waals surface area (Å²) >= 11 is 1.50. The summed E-state index contributed by atoms with van der Waals surface area (Å²) in [5.41, 5.74) is 2.55. The molecule has 21 heavy (non-hydrogen) atoms. The van der Waals surface area contributed by atoms with E-state index < -0.39 is 0 Å². The monoisotopic (exact) mass is 304 g/mol. The molecule has 0 saturated carbocycles. The van der Waals surface area contributed by atoms with E-state index >= 15 is 0 Å². The normalized spacial score (nSPS) is 10.8. The van der Waals surface area contributed by atoms with Crippen molar-refractivity contribution < 1.29 is 0 Å². The lowest BCUT2D eigenvalue weighted by molar-refractivity contribution is 0.686. The van der Waals surface area contributed by atoms with Crippen molar-refractivity contribution in [1.82, 2.24) is 14.7 Å². The van der Waals surface area contributed by atoms with Crippen molar-refractivity contribution in [3.63, 3.8) is 0 Å². The number of rotatable bonds is 8. The van der Waals surface area contributed by atoms with E-state index in [9.17, 15) is 0 Å². The van der Waals surface area contributed by atoms with Crippen molar-refractivity contribution >= 4 is 16.7 Å². The van der Waals surface area contributed by atoms with Gasteiger partial charge in [0.1, 0.15) is 5.82 Å². The molecule has 0 saturated heterocycles. The first kappa shape index (κ1) is 15.9. The second kappa shape index (κ2) is 8.10. The lowest BCUT2D eigenvalue weighted by Crippen LogP contribution is -2.31. The summed E-state index contributed by atoms with van der Waals surface area (Å²) < 4.78 is 4.51. The molecular formula is C16H24N4S. The number of anilines is 1. The Morgan fingerprint density at radius 3 is 2.86 bits per heavy atom. The van der Waals surface area contributed by atoms with E-state index in [0.29, 0.717) is 0 Å². The molecule has 0 aliphatic carbocycles. The molecule has 5 heteroatoms. The molecule has 0 spiro atoms. The van der Waals surface area contributed by atoms with Crippen LogP contribution in [0.5, 0.6) is 0 Å². The fourth-order valence-electron chi connectivity index (χ4n) is 2.23. The molecule has 114 valence electrons. The van der Waals surface area contributed by atoms with Crippen LogP contribution >= 0.6 is 11.5 Å². The number of hydrogen-bond acceptors (Lipinski definition) is 5. The Morgan fingerprint density at radius 2 is 2.14 bits per heavy atom. The highest BCUT2D eigenvalue weighted by atomic mass is 32.1. The van der Waals surface area contributed by atoms with Gasteiger partial charge in [0.2, 0.25) is 5.13 Å². The Hall–Kier alpha value is -1.46. The first-order valence-corrected chi connectivity index (χ1v) is 8.34. The Labute approximate surface area is 131 Å². The van der Waals surface area contributed by atoms with Gasteiger partial charge in [-0.2, -0.15) is 4.37 Å². The van der Waals surface area contributed by atoms with Crippen LogP contribution in [0.2, 0.25) is 0 Å². The van der Waals surface area contributed by atoms with Gasteiger partial charge in [-0.3, -0.25) is 0 Å². The predicted octanol–water partition coefficient (Wildman–Crippen LogP) is 2.87. The van der Waals surface area contributed by atoms with E-state index in [4.69, 9.17) is 4.98 Å². The minimum atomic E-state index is 0.808. The number of benzene rings is 1. The van der Waals surface area contributed by atoms with Crippen LogP contribution < -0.4 is 10.2 Å². The van der Waals surface area contributed by atoms with Gasteiger partial charge in [0.25, 0.3) is 0 Å². The number of aromatic nitrogens is 2. The van der Waals surface area contributed by atoms with E-state index in [1.54, 1.807) is 0 Å². The Balaban J connectivity index is 1.99. The molecule has 2 rings (SSSR count). The molecule has 4 nitrogen and oxygen atoms in total. The van der Waals surface area contributed by atoms with Crippen LogP contribution in [-0.2, 0) is 6.42 Å². The van der Waals surface area contributed by atoms with Crippen LogP contribution in [0.15, 0.2) is 24.3 Å². The molecule has 2 aromatic rings. The van der Waals surface area contributed by atoms with E-state index in [0.717, 1.165) is 43.6 Å².